The van der Waals surface area contributed by atoms with Gasteiger partial charge in [0.25, 0.3) is 0 Å². The Balaban J connectivity index is 1.94. The first kappa shape index (κ1) is 19.8. The Bertz CT molecular complexity index is 1000. The highest BCUT2D eigenvalue weighted by Gasteiger charge is 2.41. The number of nitrogens with zero attached hydrogens (tertiary/aromatic N) is 1. The first-order valence-corrected chi connectivity index (χ1v) is 9.13. The fourth-order valence-corrected chi connectivity index (χ4v) is 4.30. The summed E-state index contributed by atoms with van der Waals surface area (Å²) in [4.78, 5) is 10.9. The van der Waals surface area contributed by atoms with Crippen LogP contribution in [0.15, 0.2) is 47.6 Å². The van der Waals surface area contributed by atoms with Crippen LogP contribution in [0, 0.1) is 5.82 Å². The van der Waals surface area contributed by atoms with Crippen molar-refractivity contribution in [1.82, 2.24) is 0 Å². The molecule has 4 nitrogen and oxygen atoms in total. The average molecular weight is 381 g/mol. The zero-order valence-corrected chi connectivity index (χ0v) is 16.5. The van der Waals surface area contributed by atoms with Gasteiger partial charge in [0.1, 0.15) is 11.5 Å². The third kappa shape index (κ3) is 3.57. The Morgan fingerprint density at radius 3 is 2.29 bits per heavy atom. The lowest BCUT2D eigenvalue weighted by atomic mass is 9.82. The van der Waals surface area contributed by atoms with Gasteiger partial charge in [-0.2, -0.15) is 0 Å². The van der Waals surface area contributed by atoms with E-state index in [1.807, 2.05) is 12.1 Å². The second-order valence-electron chi connectivity index (χ2n) is 8.56. The predicted molar refractivity (Wildman–Crippen MR) is 108 cm³/mol. The van der Waals surface area contributed by atoms with Gasteiger partial charge in [0.05, 0.1) is 5.56 Å². The van der Waals surface area contributed by atoms with Crippen LogP contribution in [0.25, 0.3) is 6.08 Å². The third-order valence-corrected chi connectivity index (χ3v) is 5.43. The first-order chi connectivity index (χ1) is 13.0. The van der Waals surface area contributed by atoms with Crippen molar-refractivity contribution in [3.05, 3.63) is 76.1 Å². The van der Waals surface area contributed by atoms with Gasteiger partial charge in [-0.3, -0.25) is 0 Å². The molecule has 0 fully saturated rings. The number of halogens is 1. The van der Waals surface area contributed by atoms with Crippen LogP contribution >= 0.6 is 0 Å². The lowest BCUT2D eigenvalue weighted by Gasteiger charge is -2.22. The number of carboxylic acids is 1. The zero-order chi connectivity index (χ0) is 20.7. The smallest absolute Gasteiger partial charge is 0.335 e. The van der Waals surface area contributed by atoms with Crippen molar-refractivity contribution in [2.24, 2.45) is 5.16 Å². The summed E-state index contributed by atoms with van der Waals surface area (Å²) < 4.78 is 14.1. The van der Waals surface area contributed by atoms with Crippen molar-refractivity contribution in [3.8, 4) is 0 Å². The Hall–Kier alpha value is -2.95. The molecular weight excluding hydrogens is 357 g/mol. The van der Waals surface area contributed by atoms with E-state index in [-0.39, 0.29) is 22.0 Å². The van der Waals surface area contributed by atoms with Crippen LogP contribution < -0.4 is 0 Å². The van der Waals surface area contributed by atoms with Gasteiger partial charge >= 0.3 is 5.97 Å². The molecule has 1 aliphatic rings. The lowest BCUT2D eigenvalue weighted by Crippen LogP contribution is -2.18. The van der Waals surface area contributed by atoms with Crippen molar-refractivity contribution < 1.29 is 19.5 Å². The molecule has 28 heavy (non-hydrogen) atoms. The molecule has 0 aliphatic heterocycles. The van der Waals surface area contributed by atoms with Crippen LogP contribution in [0.1, 0.15) is 66.7 Å². The summed E-state index contributed by atoms with van der Waals surface area (Å²) in [7, 11) is 0. The summed E-state index contributed by atoms with van der Waals surface area (Å²) in [5, 5.41) is 21.8. The maximum atomic E-state index is 14.1. The number of carbonyl (C=O) groups is 1. The van der Waals surface area contributed by atoms with Gasteiger partial charge in [-0.1, -0.05) is 51.0 Å². The molecule has 0 unspecified atom stereocenters. The summed E-state index contributed by atoms with van der Waals surface area (Å²) in [6.07, 6.45) is 4.02. The van der Waals surface area contributed by atoms with Gasteiger partial charge in [0.2, 0.25) is 0 Å². The van der Waals surface area contributed by atoms with E-state index < -0.39 is 11.8 Å². The number of benzene rings is 2. The van der Waals surface area contributed by atoms with Crippen molar-refractivity contribution in [3.63, 3.8) is 0 Å². The number of aromatic carboxylic acids is 1. The lowest BCUT2D eigenvalue weighted by molar-refractivity contribution is 0.0696. The molecule has 0 bridgehead atoms. The summed E-state index contributed by atoms with van der Waals surface area (Å²) in [5.74, 6) is -1.83. The minimum atomic E-state index is -1.18. The van der Waals surface area contributed by atoms with Crippen molar-refractivity contribution >= 4 is 17.8 Å². The van der Waals surface area contributed by atoms with Gasteiger partial charge in [-0.15, -0.1) is 0 Å². The summed E-state index contributed by atoms with van der Waals surface area (Å²) in [6, 6.07) is 9.70. The second-order valence-corrected chi connectivity index (χ2v) is 8.56. The molecule has 0 aromatic heterocycles. The van der Waals surface area contributed by atoms with Crippen molar-refractivity contribution in [2.75, 3.05) is 0 Å². The van der Waals surface area contributed by atoms with Crippen molar-refractivity contribution in [2.45, 2.75) is 44.9 Å². The minimum Gasteiger partial charge on any atom is -0.478 e. The number of hydrogen-bond donors (Lipinski definition) is 2. The molecule has 0 amide bonds. The van der Waals surface area contributed by atoms with Gasteiger partial charge in [-0.05, 0) is 58.7 Å². The largest absolute Gasteiger partial charge is 0.478 e. The molecule has 2 N–H and O–H groups in total. The highest BCUT2D eigenvalue weighted by molar-refractivity contribution is 6.10. The van der Waals surface area contributed by atoms with E-state index >= 15 is 0 Å². The van der Waals surface area contributed by atoms with Crippen LogP contribution in [0.4, 0.5) is 4.39 Å². The number of rotatable bonds is 4. The third-order valence-electron chi connectivity index (χ3n) is 5.43. The van der Waals surface area contributed by atoms with Gasteiger partial charge < -0.3 is 10.3 Å². The van der Waals surface area contributed by atoms with Gasteiger partial charge in [0.15, 0.2) is 0 Å². The molecule has 0 saturated carbocycles. The van der Waals surface area contributed by atoms with Crippen LogP contribution in [0.3, 0.4) is 0 Å². The summed E-state index contributed by atoms with van der Waals surface area (Å²) in [6.45, 7) is 8.86. The quantitative estimate of drug-likeness (QED) is 0.425. The maximum absolute atomic E-state index is 14.1. The number of hydrogen-bond acceptors (Lipinski definition) is 3. The Kier molecular flexibility index (Phi) is 4.88. The molecule has 146 valence electrons. The molecule has 0 spiro atoms. The zero-order valence-electron chi connectivity index (χ0n) is 16.5. The van der Waals surface area contributed by atoms with E-state index in [4.69, 9.17) is 5.11 Å². The minimum absolute atomic E-state index is 0.0118. The molecule has 2 aromatic carbocycles. The number of carboxylic acid groups (broad SMARTS) is 1. The normalized spacial score (nSPS) is 17.7. The number of fused-ring (bicyclic) bond motifs is 1. The van der Waals surface area contributed by atoms with E-state index in [2.05, 4.69) is 38.9 Å². The Morgan fingerprint density at radius 1 is 1.04 bits per heavy atom. The molecular formula is C23H24FNO3. The van der Waals surface area contributed by atoms with Crippen LogP contribution in [0.2, 0.25) is 0 Å². The van der Waals surface area contributed by atoms with Gasteiger partial charge in [0, 0.05) is 11.1 Å². The SMILES string of the molecule is CC1(C)CC(C)(C)c2cc(C(/C=C/c3ccc(C(=O)O)cc3F)=N/O)ccc21. The highest BCUT2D eigenvalue weighted by Crippen LogP contribution is 2.49. The van der Waals surface area contributed by atoms with Crippen LogP contribution in [-0.4, -0.2) is 22.0 Å². The maximum Gasteiger partial charge on any atom is 0.335 e. The first-order valence-electron chi connectivity index (χ1n) is 9.13. The highest BCUT2D eigenvalue weighted by atomic mass is 19.1. The molecule has 0 atom stereocenters. The molecule has 1 aliphatic carbocycles. The van der Waals surface area contributed by atoms with Crippen LogP contribution in [-0.2, 0) is 10.8 Å². The molecule has 5 heteroatoms. The number of allylic oxidation sites excluding steroid dienone is 1. The predicted octanol–water partition coefficient (Wildman–Crippen LogP) is 5.37. The Morgan fingerprint density at radius 2 is 1.68 bits per heavy atom. The monoisotopic (exact) mass is 381 g/mol. The standard InChI is InChI=1S/C23H24FNO3/c1-22(2)13-23(3,4)18-11-15(7-9-17(18)22)20(25-28)10-8-14-5-6-16(21(26)27)12-19(14)24/h5-12,28H,13H2,1-4H3,(H,26,27)/b10-8+,25-20+. The number of oxime groups is 1. The second kappa shape index (κ2) is 6.89. The average Bonchev–Trinajstić information content (AvgIpc) is 2.80. The molecule has 0 radical (unpaired) electrons. The molecule has 3 rings (SSSR count). The van der Waals surface area contributed by atoms with Crippen LogP contribution in [0.5, 0.6) is 0 Å². The van der Waals surface area contributed by atoms with E-state index in [1.165, 1.54) is 35.4 Å². The summed E-state index contributed by atoms with van der Waals surface area (Å²) >= 11 is 0. The molecule has 2 aromatic rings. The fraction of sp³-hybridized carbons (Fsp3) is 0.304. The molecule has 0 heterocycles. The topological polar surface area (TPSA) is 69.9 Å². The van der Waals surface area contributed by atoms with E-state index in [1.54, 1.807) is 0 Å². The van der Waals surface area contributed by atoms with E-state index in [0.29, 0.717) is 5.71 Å². The molecule has 0 saturated heterocycles. The van der Waals surface area contributed by atoms with Crippen molar-refractivity contribution in [1.29, 1.82) is 0 Å². The van der Waals surface area contributed by atoms with E-state index in [9.17, 15) is 14.4 Å². The Labute approximate surface area is 164 Å². The van der Waals surface area contributed by atoms with E-state index in [0.717, 1.165) is 18.1 Å². The summed E-state index contributed by atoms with van der Waals surface area (Å²) in [5.41, 5.74) is 3.76. The fourth-order valence-electron chi connectivity index (χ4n) is 4.30. The van der Waals surface area contributed by atoms with Gasteiger partial charge in [-0.25, -0.2) is 9.18 Å².